The van der Waals surface area contributed by atoms with Crippen molar-refractivity contribution in [3.05, 3.63) is 23.3 Å². The zero-order valence-electron chi connectivity index (χ0n) is 8.72. The van der Waals surface area contributed by atoms with E-state index in [0.717, 1.165) is 6.07 Å². The van der Waals surface area contributed by atoms with Crippen LogP contribution in [0.5, 0.6) is 5.75 Å². The fourth-order valence-electron chi connectivity index (χ4n) is 1.29. The minimum absolute atomic E-state index is 0.170. The van der Waals surface area contributed by atoms with Crippen molar-refractivity contribution in [3.63, 3.8) is 0 Å². The van der Waals surface area contributed by atoms with Crippen molar-refractivity contribution in [1.82, 2.24) is 0 Å². The van der Waals surface area contributed by atoms with Gasteiger partial charge >= 0.3 is 5.97 Å². The summed E-state index contributed by atoms with van der Waals surface area (Å²) < 4.78 is 27.3. The van der Waals surface area contributed by atoms with E-state index >= 15 is 0 Å². The normalized spacial score (nSPS) is 11.2. The lowest BCUT2D eigenvalue weighted by molar-refractivity contribution is 0.0696. The van der Waals surface area contributed by atoms with Crippen molar-refractivity contribution in [3.8, 4) is 5.75 Å². The number of hydrogen-bond acceptors (Lipinski definition) is 4. The summed E-state index contributed by atoms with van der Waals surface area (Å²) in [5.74, 6) is -1.08. The molecule has 88 valence electrons. The Labute approximate surface area is 92.7 Å². The van der Waals surface area contributed by atoms with Crippen LogP contribution in [-0.2, 0) is 10.0 Å². The van der Waals surface area contributed by atoms with Crippen molar-refractivity contribution >= 4 is 16.0 Å². The van der Waals surface area contributed by atoms with Gasteiger partial charge in [-0.05, 0) is 19.1 Å². The number of sulfonamides is 1. The minimum atomic E-state index is -3.97. The first-order valence-corrected chi connectivity index (χ1v) is 5.76. The second-order valence-electron chi connectivity index (χ2n) is 3.15. The van der Waals surface area contributed by atoms with Gasteiger partial charge in [0.05, 0.1) is 17.6 Å². The molecule has 0 amide bonds. The molecule has 1 aromatic carbocycles. The zero-order chi connectivity index (χ0) is 12.5. The Balaban J connectivity index is 3.61. The van der Waals surface area contributed by atoms with E-state index in [-0.39, 0.29) is 21.8 Å². The molecule has 0 bridgehead atoms. The Morgan fingerprint density at radius 3 is 2.38 bits per heavy atom. The standard InChI is InChI=1S/C9H11NO5S/c1-5-7(15-2)3-6(9(11)12)4-8(5)16(10,13)14/h3-4H,1-2H3,(H,11,12)(H2,10,13,14). The molecule has 0 saturated carbocycles. The summed E-state index contributed by atoms with van der Waals surface area (Å²) in [4.78, 5) is 10.5. The molecule has 0 fully saturated rings. The molecule has 0 aromatic heterocycles. The highest BCUT2D eigenvalue weighted by Crippen LogP contribution is 2.26. The van der Waals surface area contributed by atoms with Gasteiger partial charge in [-0.3, -0.25) is 0 Å². The monoisotopic (exact) mass is 245 g/mol. The highest BCUT2D eigenvalue weighted by atomic mass is 32.2. The first-order valence-electron chi connectivity index (χ1n) is 4.22. The first-order chi connectivity index (χ1) is 7.27. The van der Waals surface area contributed by atoms with E-state index in [0.29, 0.717) is 0 Å². The minimum Gasteiger partial charge on any atom is -0.496 e. The van der Waals surface area contributed by atoms with Gasteiger partial charge in [-0.1, -0.05) is 0 Å². The molecule has 0 unspecified atom stereocenters. The SMILES string of the molecule is COc1cc(C(=O)O)cc(S(N)(=O)=O)c1C. The van der Waals surface area contributed by atoms with Gasteiger partial charge in [0.2, 0.25) is 10.0 Å². The van der Waals surface area contributed by atoms with Crippen LogP contribution >= 0.6 is 0 Å². The summed E-state index contributed by atoms with van der Waals surface area (Å²) in [5, 5.41) is 13.8. The zero-order valence-corrected chi connectivity index (χ0v) is 9.54. The third-order valence-corrected chi connectivity index (χ3v) is 3.12. The number of primary sulfonamides is 1. The summed E-state index contributed by atoms with van der Waals surface area (Å²) in [6, 6.07) is 2.25. The van der Waals surface area contributed by atoms with E-state index < -0.39 is 16.0 Å². The molecule has 1 rings (SSSR count). The summed E-state index contributed by atoms with van der Waals surface area (Å²) in [6.45, 7) is 1.49. The summed E-state index contributed by atoms with van der Waals surface area (Å²) in [7, 11) is -2.65. The van der Waals surface area contributed by atoms with E-state index in [1.807, 2.05) is 0 Å². The second-order valence-corrected chi connectivity index (χ2v) is 4.68. The third kappa shape index (κ3) is 2.31. The maximum absolute atomic E-state index is 11.2. The summed E-state index contributed by atoms with van der Waals surface area (Å²) in [5.41, 5.74) is 0.0986. The average molecular weight is 245 g/mol. The fourth-order valence-corrected chi connectivity index (χ4v) is 2.11. The van der Waals surface area contributed by atoms with Gasteiger partial charge in [0, 0.05) is 5.56 Å². The lowest BCUT2D eigenvalue weighted by Gasteiger charge is -2.10. The maximum Gasteiger partial charge on any atom is 0.335 e. The van der Waals surface area contributed by atoms with Gasteiger partial charge in [0.25, 0.3) is 0 Å². The quantitative estimate of drug-likeness (QED) is 0.799. The fraction of sp³-hybridized carbons (Fsp3) is 0.222. The Morgan fingerprint density at radius 2 is 2.00 bits per heavy atom. The Hall–Kier alpha value is -1.60. The molecule has 0 aliphatic heterocycles. The number of carboxylic acid groups (broad SMARTS) is 1. The third-order valence-electron chi connectivity index (χ3n) is 2.09. The molecular formula is C9H11NO5S. The van der Waals surface area contributed by atoms with E-state index in [9.17, 15) is 13.2 Å². The molecule has 7 heteroatoms. The predicted octanol–water partition coefficient (Wildman–Crippen LogP) is 0.349. The summed E-state index contributed by atoms with van der Waals surface area (Å²) >= 11 is 0. The van der Waals surface area contributed by atoms with Crippen molar-refractivity contribution in [2.45, 2.75) is 11.8 Å². The van der Waals surface area contributed by atoms with Crippen LogP contribution in [0, 0.1) is 6.92 Å². The number of aromatic carboxylic acids is 1. The molecule has 0 heterocycles. The number of hydrogen-bond donors (Lipinski definition) is 2. The second kappa shape index (κ2) is 4.11. The largest absolute Gasteiger partial charge is 0.496 e. The van der Waals surface area contributed by atoms with E-state index in [1.165, 1.54) is 20.1 Å². The Morgan fingerprint density at radius 1 is 1.44 bits per heavy atom. The van der Waals surface area contributed by atoms with Crippen molar-refractivity contribution in [2.75, 3.05) is 7.11 Å². The predicted molar refractivity (Wildman–Crippen MR) is 56.1 cm³/mol. The lowest BCUT2D eigenvalue weighted by atomic mass is 10.1. The smallest absolute Gasteiger partial charge is 0.335 e. The van der Waals surface area contributed by atoms with Crippen LogP contribution in [0.1, 0.15) is 15.9 Å². The van der Waals surface area contributed by atoms with Crippen LogP contribution in [0.15, 0.2) is 17.0 Å². The molecule has 0 aliphatic carbocycles. The Bertz CT molecular complexity index is 535. The number of ether oxygens (including phenoxy) is 1. The molecule has 3 N–H and O–H groups in total. The topological polar surface area (TPSA) is 107 Å². The van der Waals surface area contributed by atoms with Crippen molar-refractivity contribution in [2.24, 2.45) is 5.14 Å². The molecule has 0 radical (unpaired) electrons. The van der Waals surface area contributed by atoms with Crippen molar-refractivity contribution in [1.29, 1.82) is 0 Å². The Kier molecular flexibility index (Phi) is 3.20. The molecule has 1 aromatic rings. The van der Waals surface area contributed by atoms with Crippen LogP contribution in [0.2, 0.25) is 0 Å². The van der Waals surface area contributed by atoms with Crippen LogP contribution in [-0.4, -0.2) is 26.6 Å². The van der Waals surface area contributed by atoms with Gasteiger partial charge in [-0.2, -0.15) is 0 Å². The van der Waals surface area contributed by atoms with E-state index in [2.05, 4.69) is 0 Å². The van der Waals surface area contributed by atoms with Gasteiger partial charge in [0.1, 0.15) is 5.75 Å². The lowest BCUT2D eigenvalue weighted by Crippen LogP contribution is -2.15. The van der Waals surface area contributed by atoms with Crippen LogP contribution in [0.25, 0.3) is 0 Å². The van der Waals surface area contributed by atoms with Gasteiger partial charge in [-0.15, -0.1) is 0 Å². The number of carboxylic acids is 1. The molecule has 16 heavy (non-hydrogen) atoms. The highest BCUT2D eigenvalue weighted by molar-refractivity contribution is 7.89. The van der Waals surface area contributed by atoms with Gasteiger partial charge in [-0.25, -0.2) is 18.4 Å². The highest BCUT2D eigenvalue weighted by Gasteiger charge is 2.18. The number of benzene rings is 1. The van der Waals surface area contributed by atoms with Crippen LogP contribution in [0.3, 0.4) is 0 Å². The number of carbonyl (C=O) groups is 1. The average Bonchev–Trinajstić information content (AvgIpc) is 2.15. The molecule has 6 nitrogen and oxygen atoms in total. The van der Waals surface area contributed by atoms with Gasteiger partial charge in [0.15, 0.2) is 0 Å². The molecule has 0 saturated heterocycles. The van der Waals surface area contributed by atoms with Crippen LogP contribution in [0.4, 0.5) is 0 Å². The van der Waals surface area contributed by atoms with E-state index in [1.54, 1.807) is 0 Å². The van der Waals surface area contributed by atoms with Crippen molar-refractivity contribution < 1.29 is 23.1 Å². The number of methoxy groups -OCH3 is 1. The van der Waals surface area contributed by atoms with Gasteiger partial charge < -0.3 is 9.84 Å². The molecule has 0 atom stereocenters. The van der Waals surface area contributed by atoms with E-state index in [4.69, 9.17) is 15.0 Å². The van der Waals surface area contributed by atoms with Crippen LogP contribution < -0.4 is 9.88 Å². The molecular weight excluding hydrogens is 234 g/mol. The molecule has 0 spiro atoms. The number of rotatable bonds is 3. The maximum atomic E-state index is 11.2. The molecule has 0 aliphatic rings. The first kappa shape index (κ1) is 12.5. The number of nitrogens with two attached hydrogens (primary N) is 1. The summed E-state index contributed by atoms with van der Waals surface area (Å²) in [6.07, 6.45) is 0.